The van der Waals surface area contributed by atoms with Crippen LogP contribution < -0.4 is 11.1 Å². The van der Waals surface area contributed by atoms with Gasteiger partial charge in [-0.15, -0.1) is 0 Å². The van der Waals surface area contributed by atoms with Gasteiger partial charge >= 0.3 is 12.1 Å². The smallest absolute Gasteiger partial charge is 0.412 e. The maximum absolute atomic E-state index is 11.8. The molecule has 0 aliphatic rings. The second-order valence-corrected chi connectivity index (χ2v) is 5.79. The Kier molecular flexibility index (Phi) is 5.56. The fraction of sp³-hybridized carbons (Fsp3) is 0.375. The van der Waals surface area contributed by atoms with Crippen LogP contribution in [-0.4, -0.2) is 24.8 Å². The zero-order valence-electron chi connectivity index (χ0n) is 13.5. The van der Waals surface area contributed by atoms with Crippen LogP contribution in [0.25, 0.3) is 6.08 Å². The van der Waals surface area contributed by atoms with Gasteiger partial charge < -0.3 is 15.2 Å². The lowest BCUT2D eigenvalue weighted by molar-refractivity contribution is -0.136. The fourth-order valence-corrected chi connectivity index (χ4v) is 1.69. The van der Waals surface area contributed by atoms with Crippen LogP contribution in [0.1, 0.15) is 31.9 Å². The Morgan fingerprint density at radius 2 is 1.91 bits per heavy atom. The van der Waals surface area contributed by atoms with Crippen molar-refractivity contribution >= 4 is 23.8 Å². The van der Waals surface area contributed by atoms with Crippen LogP contribution in [0.2, 0.25) is 0 Å². The molecular weight excluding hydrogens is 284 g/mol. The Labute approximate surface area is 130 Å². The minimum Gasteiger partial charge on any atom is -0.464 e. The van der Waals surface area contributed by atoms with Crippen LogP contribution in [0.15, 0.2) is 23.9 Å². The van der Waals surface area contributed by atoms with E-state index in [1.54, 1.807) is 39.0 Å². The van der Waals surface area contributed by atoms with Gasteiger partial charge in [0.1, 0.15) is 11.3 Å². The molecule has 0 saturated heterocycles. The third-order valence-corrected chi connectivity index (χ3v) is 2.63. The van der Waals surface area contributed by atoms with Crippen molar-refractivity contribution in [3.8, 4) is 0 Å². The van der Waals surface area contributed by atoms with E-state index in [4.69, 9.17) is 10.5 Å². The van der Waals surface area contributed by atoms with Gasteiger partial charge in [0.2, 0.25) is 0 Å². The van der Waals surface area contributed by atoms with Crippen LogP contribution >= 0.6 is 0 Å². The average Bonchev–Trinajstić information content (AvgIpc) is 2.37. The standard InChI is InChI=1S/C16H22N2O4/c1-10-8-12(17)7-6-11(10)9-13(14(19)21-5)18-15(20)22-16(2,3)4/h6-9H,17H2,1-5H3,(H,18,20)/b13-9-. The summed E-state index contributed by atoms with van der Waals surface area (Å²) in [6.07, 6.45) is 0.794. The number of carbonyl (C=O) groups excluding carboxylic acids is 2. The number of alkyl carbamates (subject to hydrolysis) is 1. The first-order valence-electron chi connectivity index (χ1n) is 6.78. The van der Waals surface area contributed by atoms with Gasteiger partial charge in [0.05, 0.1) is 7.11 Å². The van der Waals surface area contributed by atoms with Gasteiger partial charge in [-0.1, -0.05) is 6.07 Å². The molecule has 0 fully saturated rings. The molecule has 6 nitrogen and oxygen atoms in total. The topological polar surface area (TPSA) is 90.6 Å². The van der Waals surface area contributed by atoms with Crippen molar-refractivity contribution < 1.29 is 19.1 Å². The van der Waals surface area contributed by atoms with E-state index in [9.17, 15) is 9.59 Å². The quantitative estimate of drug-likeness (QED) is 0.509. The molecule has 1 aromatic carbocycles. The van der Waals surface area contributed by atoms with Crippen LogP contribution in [0.3, 0.4) is 0 Å². The number of nitrogens with two attached hydrogens (primary N) is 1. The van der Waals surface area contributed by atoms with E-state index in [1.807, 2.05) is 6.92 Å². The summed E-state index contributed by atoms with van der Waals surface area (Å²) in [5.41, 5.74) is 7.25. The molecule has 0 unspecified atom stereocenters. The number of benzene rings is 1. The lowest BCUT2D eigenvalue weighted by atomic mass is 10.1. The summed E-state index contributed by atoms with van der Waals surface area (Å²) >= 11 is 0. The molecule has 6 heteroatoms. The van der Waals surface area contributed by atoms with Crippen molar-refractivity contribution in [3.05, 3.63) is 35.0 Å². The first kappa shape index (κ1) is 17.6. The number of nitrogen functional groups attached to an aromatic ring is 1. The van der Waals surface area contributed by atoms with Crippen molar-refractivity contribution in [2.24, 2.45) is 0 Å². The number of hydrogen-bond acceptors (Lipinski definition) is 5. The van der Waals surface area contributed by atoms with Crippen molar-refractivity contribution in [3.63, 3.8) is 0 Å². The molecule has 120 valence electrons. The number of ether oxygens (including phenoxy) is 2. The zero-order chi connectivity index (χ0) is 16.9. The predicted octanol–water partition coefficient (Wildman–Crippen LogP) is 2.62. The molecule has 22 heavy (non-hydrogen) atoms. The van der Waals surface area contributed by atoms with E-state index in [2.05, 4.69) is 10.1 Å². The molecule has 0 atom stereocenters. The van der Waals surface area contributed by atoms with Crippen LogP contribution in [-0.2, 0) is 14.3 Å². The summed E-state index contributed by atoms with van der Waals surface area (Å²) < 4.78 is 9.81. The molecule has 1 aromatic rings. The van der Waals surface area contributed by atoms with Crippen LogP contribution in [0.4, 0.5) is 10.5 Å². The largest absolute Gasteiger partial charge is 0.464 e. The predicted molar refractivity (Wildman–Crippen MR) is 85.0 cm³/mol. The number of rotatable bonds is 3. The minimum absolute atomic E-state index is 0.00961. The van der Waals surface area contributed by atoms with Crippen LogP contribution in [0.5, 0.6) is 0 Å². The molecule has 0 aliphatic heterocycles. The number of aryl methyl sites for hydroxylation is 1. The molecule has 1 rings (SSSR count). The third kappa shape index (κ3) is 5.47. The average molecular weight is 306 g/mol. The SMILES string of the molecule is COC(=O)/C(=C/c1ccc(N)cc1C)NC(=O)OC(C)(C)C. The van der Waals surface area contributed by atoms with Crippen LogP contribution in [0, 0.1) is 6.92 Å². The fourth-order valence-electron chi connectivity index (χ4n) is 1.69. The summed E-state index contributed by atoms with van der Waals surface area (Å²) in [5, 5.41) is 2.41. The lowest BCUT2D eigenvalue weighted by Gasteiger charge is -2.20. The van der Waals surface area contributed by atoms with Gasteiger partial charge in [-0.3, -0.25) is 5.32 Å². The van der Waals surface area contributed by atoms with E-state index in [0.717, 1.165) is 11.1 Å². The summed E-state index contributed by atoms with van der Waals surface area (Å²) in [6.45, 7) is 7.05. The first-order valence-corrected chi connectivity index (χ1v) is 6.78. The molecule has 0 spiro atoms. The maximum Gasteiger partial charge on any atom is 0.412 e. The monoisotopic (exact) mass is 306 g/mol. The Hall–Kier alpha value is -2.50. The number of hydrogen-bond donors (Lipinski definition) is 2. The first-order chi connectivity index (χ1) is 10.1. The maximum atomic E-state index is 11.8. The highest BCUT2D eigenvalue weighted by Crippen LogP contribution is 2.16. The van der Waals surface area contributed by atoms with Gasteiger partial charge in [-0.2, -0.15) is 0 Å². The highest BCUT2D eigenvalue weighted by molar-refractivity contribution is 5.97. The second-order valence-electron chi connectivity index (χ2n) is 5.79. The second kappa shape index (κ2) is 6.98. The summed E-state index contributed by atoms with van der Waals surface area (Å²) in [6, 6.07) is 5.24. The van der Waals surface area contributed by atoms with E-state index in [1.165, 1.54) is 13.2 Å². The molecule has 0 saturated carbocycles. The lowest BCUT2D eigenvalue weighted by Crippen LogP contribution is -2.34. The zero-order valence-corrected chi connectivity index (χ0v) is 13.5. The summed E-state index contributed by atoms with van der Waals surface area (Å²) in [4.78, 5) is 23.6. The van der Waals surface area contributed by atoms with Crippen molar-refractivity contribution in [2.75, 3.05) is 12.8 Å². The van der Waals surface area contributed by atoms with Crippen molar-refractivity contribution in [1.82, 2.24) is 5.32 Å². The highest BCUT2D eigenvalue weighted by Gasteiger charge is 2.20. The number of methoxy groups -OCH3 is 1. The Morgan fingerprint density at radius 1 is 1.27 bits per heavy atom. The van der Waals surface area contributed by atoms with Crippen molar-refractivity contribution in [1.29, 1.82) is 0 Å². The van der Waals surface area contributed by atoms with Gasteiger partial charge in [-0.05, 0) is 57.0 Å². The molecule has 3 N–H and O–H groups in total. The van der Waals surface area contributed by atoms with E-state index in [-0.39, 0.29) is 5.70 Å². The third-order valence-electron chi connectivity index (χ3n) is 2.63. The van der Waals surface area contributed by atoms with E-state index >= 15 is 0 Å². The number of nitrogens with one attached hydrogen (secondary N) is 1. The molecular formula is C16H22N2O4. The van der Waals surface area contributed by atoms with Crippen molar-refractivity contribution in [2.45, 2.75) is 33.3 Å². The van der Waals surface area contributed by atoms with Gasteiger partial charge in [-0.25, -0.2) is 9.59 Å². The molecule has 0 heterocycles. The number of amides is 1. The van der Waals surface area contributed by atoms with E-state index in [0.29, 0.717) is 5.69 Å². The number of carbonyl (C=O) groups is 2. The molecule has 1 amide bonds. The molecule has 0 radical (unpaired) electrons. The normalized spacial score (nSPS) is 11.8. The number of esters is 1. The van der Waals surface area contributed by atoms with Gasteiger partial charge in [0.25, 0.3) is 0 Å². The Bertz CT molecular complexity index is 601. The summed E-state index contributed by atoms with van der Waals surface area (Å²) in [7, 11) is 1.24. The highest BCUT2D eigenvalue weighted by atomic mass is 16.6. The Balaban J connectivity index is 3.05. The minimum atomic E-state index is -0.725. The molecule has 0 aromatic heterocycles. The van der Waals surface area contributed by atoms with Gasteiger partial charge in [0, 0.05) is 5.69 Å². The summed E-state index contributed by atoms with van der Waals surface area (Å²) in [5.74, 6) is -0.665. The van der Waals surface area contributed by atoms with E-state index < -0.39 is 17.7 Å². The molecule has 0 aliphatic carbocycles. The Morgan fingerprint density at radius 3 is 2.41 bits per heavy atom. The molecule has 0 bridgehead atoms. The van der Waals surface area contributed by atoms with Gasteiger partial charge in [0.15, 0.2) is 0 Å². The number of anilines is 1.